The lowest BCUT2D eigenvalue weighted by Gasteiger charge is -2.51. The average molecular weight is 504 g/mol. The Hall–Kier alpha value is -2.29. The van der Waals surface area contributed by atoms with E-state index in [9.17, 15) is 14.0 Å². The van der Waals surface area contributed by atoms with Crippen LogP contribution in [0.3, 0.4) is 0 Å². The van der Waals surface area contributed by atoms with Gasteiger partial charge in [-0.2, -0.15) is 5.10 Å². The molecule has 4 rings (SSSR count). The molecule has 1 saturated heterocycles. The topological polar surface area (TPSA) is 77.0 Å². The Morgan fingerprint density at radius 2 is 1.94 bits per heavy atom. The molecule has 192 valence electrons. The average Bonchev–Trinajstić information content (AvgIpc) is 3.25. The number of benzene rings is 1. The van der Waals surface area contributed by atoms with E-state index in [0.29, 0.717) is 43.5 Å². The minimum Gasteiger partial charge on any atom is -0.356 e. The van der Waals surface area contributed by atoms with Crippen molar-refractivity contribution in [3.8, 4) is 0 Å². The van der Waals surface area contributed by atoms with E-state index in [1.165, 1.54) is 12.1 Å². The van der Waals surface area contributed by atoms with Gasteiger partial charge in [0.2, 0.25) is 11.8 Å². The molecule has 1 aromatic carbocycles. The van der Waals surface area contributed by atoms with Crippen molar-refractivity contribution >= 4 is 28.7 Å². The van der Waals surface area contributed by atoms with Gasteiger partial charge in [0.15, 0.2) is 11.5 Å². The van der Waals surface area contributed by atoms with Crippen LogP contribution in [0, 0.1) is 29.5 Å². The smallest absolute Gasteiger partial charge is 0.230 e. The van der Waals surface area contributed by atoms with Crippen LogP contribution in [0.25, 0.3) is 0 Å². The van der Waals surface area contributed by atoms with Gasteiger partial charge in [0.1, 0.15) is 5.82 Å². The number of carbonyl (C=O) groups excluding carboxylic acids is 2. The van der Waals surface area contributed by atoms with Gasteiger partial charge in [-0.1, -0.05) is 51.6 Å². The first kappa shape index (κ1) is 25.8. The maximum atomic E-state index is 13.6. The molecule has 0 bridgehead atoms. The molecule has 2 N–H and O–H groups in total. The predicted octanol–water partition coefficient (Wildman–Crippen LogP) is 3.96. The number of hydrogen-bond acceptors (Lipinski definition) is 6. The third kappa shape index (κ3) is 5.93. The first-order valence-electron chi connectivity index (χ1n) is 12.8. The summed E-state index contributed by atoms with van der Waals surface area (Å²) in [6, 6.07) is 6.45. The van der Waals surface area contributed by atoms with Crippen molar-refractivity contribution in [1.82, 2.24) is 20.5 Å². The van der Waals surface area contributed by atoms with Crippen LogP contribution in [-0.2, 0) is 15.3 Å². The monoisotopic (exact) mass is 503 g/mol. The molecule has 2 amide bonds. The van der Waals surface area contributed by atoms with Gasteiger partial charge in [0.25, 0.3) is 0 Å². The van der Waals surface area contributed by atoms with E-state index in [1.54, 1.807) is 23.9 Å². The molecule has 2 heterocycles. The Bertz CT molecular complexity index is 938. The summed E-state index contributed by atoms with van der Waals surface area (Å²) in [5.41, 5.74) is 4.23. The number of amides is 2. The molecule has 0 radical (unpaired) electrons. The molecule has 9 heteroatoms. The number of hydrogen-bond donors (Lipinski definition) is 2. The fourth-order valence-corrected chi connectivity index (χ4v) is 6.10. The normalized spacial score (nSPS) is 25.9. The van der Waals surface area contributed by atoms with Crippen LogP contribution >= 0.6 is 11.8 Å². The van der Waals surface area contributed by atoms with Crippen molar-refractivity contribution < 1.29 is 14.0 Å². The molecule has 1 saturated carbocycles. The lowest BCUT2D eigenvalue weighted by molar-refractivity contribution is -0.158. The van der Waals surface area contributed by atoms with E-state index >= 15 is 0 Å². The van der Waals surface area contributed by atoms with E-state index in [2.05, 4.69) is 48.4 Å². The predicted molar refractivity (Wildman–Crippen MR) is 138 cm³/mol. The van der Waals surface area contributed by atoms with Gasteiger partial charge in [0, 0.05) is 30.8 Å². The molecule has 4 atom stereocenters. The third-order valence-electron chi connectivity index (χ3n) is 7.11. The minimum absolute atomic E-state index is 0.0687. The Balaban J connectivity index is 1.52. The Labute approximate surface area is 212 Å². The second-order valence-corrected chi connectivity index (χ2v) is 11.7. The summed E-state index contributed by atoms with van der Waals surface area (Å²) in [6.45, 7) is 9.85. The van der Waals surface area contributed by atoms with Crippen LogP contribution in [0.2, 0.25) is 0 Å². The molecule has 1 aromatic rings. The number of amidine groups is 1. The van der Waals surface area contributed by atoms with E-state index in [4.69, 9.17) is 0 Å². The highest BCUT2D eigenvalue weighted by Gasteiger charge is 2.52. The number of nitrogens with one attached hydrogen (secondary N) is 2. The molecular formula is C26H38FN5O2S. The zero-order chi connectivity index (χ0) is 25.1. The van der Waals surface area contributed by atoms with E-state index in [-0.39, 0.29) is 41.8 Å². The number of fused-ring (bicyclic) bond motifs is 3. The summed E-state index contributed by atoms with van der Waals surface area (Å²) in [5.74, 6) is 1.32. The molecule has 1 aliphatic carbocycles. The van der Waals surface area contributed by atoms with Crippen molar-refractivity contribution in [3.63, 3.8) is 0 Å². The summed E-state index contributed by atoms with van der Waals surface area (Å²) in [6.07, 6.45) is 2.69. The highest BCUT2D eigenvalue weighted by Crippen LogP contribution is 2.41. The molecule has 2 fully saturated rings. The van der Waals surface area contributed by atoms with Crippen molar-refractivity contribution in [1.29, 1.82) is 0 Å². The number of thioether (sulfide) groups is 1. The molecular weight excluding hydrogens is 465 g/mol. The van der Waals surface area contributed by atoms with E-state index < -0.39 is 0 Å². The van der Waals surface area contributed by atoms with Gasteiger partial charge < -0.3 is 15.1 Å². The number of hydrazone groups is 1. The maximum absolute atomic E-state index is 13.6. The number of nitrogens with zero attached hydrogens (tertiary/aromatic N) is 3. The van der Waals surface area contributed by atoms with Crippen LogP contribution in [0.4, 0.5) is 4.39 Å². The van der Waals surface area contributed by atoms with E-state index in [1.807, 2.05) is 4.90 Å². The van der Waals surface area contributed by atoms with Crippen LogP contribution in [0.1, 0.15) is 58.9 Å². The quantitative estimate of drug-likeness (QED) is 0.562. The zero-order valence-electron chi connectivity index (χ0n) is 21.2. The van der Waals surface area contributed by atoms with Gasteiger partial charge in [-0.15, -0.1) is 0 Å². The van der Waals surface area contributed by atoms with Gasteiger partial charge in [-0.25, -0.2) is 4.39 Å². The number of rotatable bonds is 8. The zero-order valence-corrected chi connectivity index (χ0v) is 22.0. The van der Waals surface area contributed by atoms with Gasteiger partial charge in [0.05, 0.1) is 5.92 Å². The summed E-state index contributed by atoms with van der Waals surface area (Å²) in [4.78, 5) is 30.7. The highest BCUT2D eigenvalue weighted by molar-refractivity contribution is 8.13. The summed E-state index contributed by atoms with van der Waals surface area (Å²) < 4.78 is 13.3. The van der Waals surface area contributed by atoms with Gasteiger partial charge >= 0.3 is 0 Å². The van der Waals surface area contributed by atoms with Crippen molar-refractivity contribution in [2.45, 2.75) is 71.5 Å². The molecule has 0 spiro atoms. The molecule has 2 aliphatic heterocycles. The molecule has 35 heavy (non-hydrogen) atoms. The van der Waals surface area contributed by atoms with Gasteiger partial charge in [-0.05, 0) is 55.2 Å². The molecule has 3 aliphatic rings. The molecule has 0 aromatic heterocycles. The third-order valence-corrected chi connectivity index (χ3v) is 8.15. The summed E-state index contributed by atoms with van der Waals surface area (Å²) >= 11 is 1.59. The molecule has 4 unspecified atom stereocenters. The Morgan fingerprint density at radius 3 is 2.63 bits per heavy atom. The fourth-order valence-electron chi connectivity index (χ4n) is 5.11. The SMILES string of the molecule is CC(C)CCN1C(=O)C2CCC(C(=O)NCC(C)C)CC2N2C(SCc3ccc(F)cc3)=NNC12. The molecule has 7 nitrogen and oxygen atoms in total. The number of carbonyl (C=O) groups is 2. The highest BCUT2D eigenvalue weighted by atomic mass is 32.2. The largest absolute Gasteiger partial charge is 0.356 e. The lowest BCUT2D eigenvalue weighted by atomic mass is 9.75. The standard InChI is InChI=1S/C26H38FN5O2S/c1-16(2)11-12-31-24(34)21-10-7-19(23(33)28-14-17(3)4)13-22(21)32-25(31)29-30-26(32)35-15-18-5-8-20(27)9-6-18/h5-6,8-9,16-17,19,21-22,25,29H,7,10-15H2,1-4H3,(H,28,33). The van der Waals surface area contributed by atoms with Crippen LogP contribution in [0.15, 0.2) is 29.4 Å². The summed E-state index contributed by atoms with van der Waals surface area (Å²) in [7, 11) is 0. The number of halogens is 1. The van der Waals surface area contributed by atoms with Crippen LogP contribution in [-0.4, -0.2) is 52.2 Å². The second kappa shape index (κ2) is 11.2. The first-order valence-corrected chi connectivity index (χ1v) is 13.8. The van der Waals surface area contributed by atoms with Gasteiger partial charge in [-0.3, -0.25) is 15.0 Å². The minimum atomic E-state index is -0.323. The maximum Gasteiger partial charge on any atom is 0.230 e. The summed E-state index contributed by atoms with van der Waals surface area (Å²) in [5, 5.41) is 8.55. The Morgan fingerprint density at radius 1 is 1.20 bits per heavy atom. The van der Waals surface area contributed by atoms with Crippen molar-refractivity contribution in [2.75, 3.05) is 13.1 Å². The van der Waals surface area contributed by atoms with E-state index in [0.717, 1.165) is 23.6 Å². The lowest BCUT2D eigenvalue weighted by Crippen LogP contribution is -2.68. The van der Waals surface area contributed by atoms with Crippen LogP contribution in [0.5, 0.6) is 0 Å². The van der Waals surface area contributed by atoms with Crippen LogP contribution < -0.4 is 10.7 Å². The van der Waals surface area contributed by atoms with Crippen molar-refractivity contribution in [3.05, 3.63) is 35.6 Å². The second-order valence-electron chi connectivity index (χ2n) is 10.8. The van der Waals surface area contributed by atoms with Crippen molar-refractivity contribution in [2.24, 2.45) is 28.8 Å². The first-order chi connectivity index (χ1) is 16.7. The Kier molecular flexibility index (Phi) is 8.24. The fraction of sp³-hybridized carbons (Fsp3) is 0.654.